The van der Waals surface area contributed by atoms with Gasteiger partial charge in [-0.15, -0.1) is 11.3 Å². The Morgan fingerprint density at radius 2 is 1.91 bits per heavy atom. The maximum Gasteiger partial charge on any atom is 0.265 e. The van der Waals surface area contributed by atoms with Gasteiger partial charge in [-0.1, -0.05) is 0 Å². The smallest absolute Gasteiger partial charge is 0.265 e. The monoisotopic (exact) mass is 354 g/mol. The van der Waals surface area contributed by atoms with E-state index >= 15 is 0 Å². The Morgan fingerprint density at radius 3 is 2.43 bits per heavy atom. The molecule has 0 saturated carbocycles. The number of aryl methyl sites for hydroxylation is 1. The van der Waals surface area contributed by atoms with Gasteiger partial charge in [-0.2, -0.15) is 0 Å². The van der Waals surface area contributed by atoms with Crippen LogP contribution in [-0.2, 0) is 10.0 Å². The fourth-order valence-corrected chi connectivity index (χ4v) is 3.59. The third kappa shape index (κ3) is 3.72. The molecule has 0 unspecified atom stereocenters. The summed E-state index contributed by atoms with van der Waals surface area (Å²) in [4.78, 5) is 13.9. The van der Waals surface area contributed by atoms with E-state index in [1.807, 2.05) is 13.0 Å². The summed E-state index contributed by atoms with van der Waals surface area (Å²) in [5.41, 5.74) is 0.312. The molecule has 1 amide bonds. The first-order valence-corrected chi connectivity index (χ1v) is 8.99. The number of nitrogens with one attached hydrogen (secondary N) is 1. The Labute approximate surface area is 139 Å². The molecule has 0 saturated heterocycles. The van der Waals surface area contributed by atoms with Crippen LogP contribution in [0.15, 0.2) is 35.2 Å². The maximum atomic E-state index is 12.3. The van der Waals surface area contributed by atoms with Gasteiger partial charge >= 0.3 is 0 Å². The van der Waals surface area contributed by atoms with Crippen LogP contribution in [0.2, 0.25) is 0 Å². The maximum absolute atomic E-state index is 12.3. The predicted molar refractivity (Wildman–Crippen MR) is 90.9 cm³/mol. The zero-order chi connectivity index (χ0) is 17.2. The number of sulfonamides is 1. The molecule has 1 aromatic carbocycles. The number of hydrogen-bond donors (Lipinski definition) is 1. The number of carbonyl (C=O) groups excluding carboxylic acids is 1. The molecule has 23 heavy (non-hydrogen) atoms. The van der Waals surface area contributed by atoms with Crippen molar-refractivity contribution < 1.29 is 17.9 Å². The van der Waals surface area contributed by atoms with Crippen molar-refractivity contribution in [3.05, 3.63) is 40.1 Å². The predicted octanol–water partition coefficient (Wildman–Crippen LogP) is 2.57. The average Bonchev–Trinajstić information content (AvgIpc) is 2.93. The molecule has 1 N–H and O–H groups in total. The van der Waals surface area contributed by atoms with Crippen molar-refractivity contribution in [2.75, 3.05) is 26.5 Å². The summed E-state index contributed by atoms with van der Waals surface area (Å²) in [5, 5.41) is 2.71. The van der Waals surface area contributed by atoms with Gasteiger partial charge < -0.3 is 10.1 Å². The van der Waals surface area contributed by atoms with Crippen molar-refractivity contribution in [3.8, 4) is 5.75 Å². The van der Waals surface area contributed by atoms with E-state index in [4.69, 9.17) is 4.74 Å². The van der Waals surface area contributed by atoms with Crippen LogP contribution in [0.5, 0.6) is 5.75 Å². The molecule has 0 aliphatic heterocycles. The van der Waals surface area contributed by atoms with Crippen LogP contribution in [0, 0.1) is 6.92 Å². The molecule has 0 radical (unpaired) electrons. The first-order valence-electron chi connectivity index (χ1n) is 6.74. The number of benzene rings is 1. The largest absolute Gasteiger partial charge is 0.495 e. The van der Waals surface area contributed by atoms with Crippen LogP contribution in [-0.4, -0.2) is 39.8 Å². The number of thiophene rings is 1. The van der Waals surface area contributed by atoms with Gasteiger partial charge in [0.2, 0.25) is 10.0 Å². The SMILES string of the molecule is COc1ccc(S(=O)(=O)N(C)C)cc1NC(=O)c1ccc(C)s1. The van der Waals surface area contributed by atoms with Crippen molar-refractivity contribution in [1.29, 1.82) is 0 Å². The lowest BCUT2D eigenvalue weighted by Gasteiger charge is -2.15. The van der Waals surface area contributed by atoms with Crippen molar-refractivity contribution in [1.82, 2.24) is 4.31 Å². The minimum atomic E-state index is -3.59. The molecule has 0 aliphatic carbocycles. The number of ether oxygens (including phenoxy) is 1. The molecule has 0 bridgehead atoms. The molecule has 0 spiro atoms. The second kappa shape index (κ2) is 6.69. The van der Waals surface area contributed by atoms with Gasteiger partial charge in [-0.3, -0.25) is 4.79 Å². The van der Waals surface area contributed by atoms with Crippen LogP contribution < -0.4 is 10.1 Å². The van der Waals surface area contributed by atoms with E-state index < -0.39 is 10.0 Å². The fourth-order valence-electron chi connectivity index (χ4n) is 1.90. The summed E-state index contributed by atoms with van der Waals surface area (Å²) < 4.78 is 30.7. The van der Waals surface area contributed by atoms with Gasteiger partial charge in [0.1, 0.15) is 5.75 Å². The highest BCUT2D eigenvalue weighted by Gasteiger charge is 2.20. The second-order valence-corrected chi connectivity index (χ2v) is 8.45. The van der Waals surface area contributed by atoms with E-state index in [1.165, 1.54) is 50.7 Å². The lowest BCUT2D eigenvalue weighted by atomic mass is 10.3. The Morgan fingerprint density at radius 1 is 1.22 bits per heavy atom. The Hall–Kier alpha value is -1.90. The summed E-state index contributed by atoms with van der Waals surface area (Å²) >= 11 is 1.36. The van der Waals surface area contributed by atoms with Gasteiger partial charge in [0.05, 0.1) is 22.6 Å². The van der Waals surface area contributed by atoms with Crippen molar-refractivity contribution in [3.63, 3.8) is 0 Å². The second-order valence-electron chi connectivity index (χ2n) is 5.01. The summed E-state index contributed by atoms with van der Waals surface area (Å²) in [6, 6.07) is 7.93. The van der Waals surface area contributed by atoms with Gasteiger partial charge in [-0.25, -0.2) is 12.7 Å². The molecular weight excluding hydrogens is 336 g/mol. The van der Waals surface area contributed by atoms with Crippen molar-refractivity contribution >= 4 is 33.0 Å². The third-order valence-corrected chi connectivity index (χ3v) is 5.97. The van der Waals surface area contributed by atoms with Crippen LogP contribution in [0.1, 0.15) is 14.5 Å². The quantitative estimate of drug-likeness (QED) is 0.895. The van der Waals surface area contributed by atoms with Gasteiger partial charge in [0, 0.05) is 19.0 Å². The first kappa shape index (κ1) is 17.5. The molecule has 2 rings (SSSR count). The highest BCUT2D eigenvalue weighted by atomic mass is 32.2. The number of rotatable bonds is 5. The highest BCUT2D eigenvalue weighted by Crippen LogP contribution is 2.29. The minimum absolute atomic E-state index is 0.0842. The third-order valence-electron chi connectivity index (χ3n) is 3.16. The van der Waals surface area contributed by atoms with E-state index in [1.54, 1.807) is 6.07 Å². The number of amides is 1. The summed E-state index contributed by atoms with van der Waals surface area (Å²) in [6.07, 6.45) is 0. The van der Waals surface area contributed by atoms with Crippen LogP contribution in [0.3, 0.4) is 0 Å². The number of methoxy groups -OCH3 is 1. The highest BCUT2D eigenvalue weighted by molar-refractivity contribution is 7.89. The minimum Gasteiger partial charge on any atom is -0.495 e. The molecule has 1 aromatic heterocycles. The van der Waals surface area contributed by atoms with E-state index in [0.717, 1.165) is 9.18 Å². The van der Waals surface area contributed by atoms with Crippen molar-refractivity contribution in [2.45, 2.75) is 11.8 Å². The molecule has 124 valence electrons. The van der Waals surface area contributed by atoms with Crippen LogP contribution in [0.4, 0.5) is 5.69 Å². The topological polar surface area (TPSA) is 75.7 Å². The fraction of sp³-hybridized carbons (Fsp3) is 0.267. The molecule has 2 aromatic rings. The molecule has 6 nitrogen and oxygen atoms in total. The summed E-state index contributed by atoms with van der Waals surface area (Å²) in [7, 11) is 0.768. The molecule has 1 heterocycles. The molecule has 8 heteroatoms. The Bertz CT molecular complexity index is 826. The standard InChI is InChI=1S/C15H18N2O4S2/c1-10-5-8-14(22-10)15(18)16-12-9-11(6-7-13(12)21-4)23(19,20)17(2)3/h5-9H,1-4H3,(H,16,18). The average molecular weight is 354 g/mol. The van der Waals surface area contributed by atoms with Gasteiger partial charge in [0.25, 0.3) is 5.91 Å². The van der Waals surface area contributed by atoms with Crippen LogP contribution in [0.25, 0.3) is 0 Å². The zero-order valence-electron chi connectivity index (χ0n) is 13.3. The zero-order valence-corrected chi connectivity index (χ0v) is 14.9. The normalized spacial score (nSPS) is 11.5. The summed E-state index contributed by atoms with van der Waals surface area (Å²) in [6.45, 7) is 1.91. The van der Waals surface area contributed by atoms with E-state index in [2.05, 4.69) is 5.32 Å². The Kier molecular flexibility index (Phi) is 5.08. The van der Waals surface area contributed by atoms with Crippen LogP contribution >= 0.6 is 11.3 Å². The lowest BCUT2D eigenvalue weighted by molar-refractivity contribution is 0.103. The molecule has 0 atom stereocenters. The lowest BCUT2D eigenvalue weighted by Crippen LogP contribution is -2.22. The molecule has 0 fully saturated rings. The summed E-state index contributed by atoms with van der Waals surface area (Å²) in [5.74, 6) is 0.0881. The number of anilines is 1. The number of hydrogen-bond acceptors (Lipinski definition) is 5. The van der Waals surface area contributed by atoms with Gasteiger partial charge in [-0.05, 0) is 37.3 Å². The van der Waals surface area contributed by atoms with E-state index in [0.29, 0.717) is 16.3 Å². The number of carbonyl (C=O) groups is 1. The van der Waals surface area contributed by atoms with E-state index in [-0.39, 0.29) is 10.8 Å². The van der Waals surface area contributed by atoms with Crippen molar-refractivity contribution in [2.24, 2.45) is 0 Å². The molecular formula is C15H18N2O4S2. The van der Waals surface area contributed by atoms with E-state index in [9.17, 15) is 13.2 Å². The molecule has 0 aliphatic rings. The Balaban J connectivity index is 2.38. The number of nitrogens with zero attached hydrogens (tertiary/aromatic N) is 1. The first-order chi connectivity index (χ1) is 10.8. The van der Waals surface area contributed by atoms with Gasteiger partial charge in [0.15, 0.2) is 0 Å².